The van der Waals surface area contributed by atoms with Crippen LogP contribution in [0, 0.1) is 12.7 Å². The van der Waals surface area contributed by atoms with E-state index in [0.29, 0.717) is 15.9 Å². The molecule has 0 saturated heterocycles. The van der Waals surface area contributed by atoms with Crippen LogP contribution in [-0.4, -0.2) is 11.5 Å². The van der Waals surface area contributed by atoms with Crippen molar-refractivity contribution >= 4 is 28.2 Å². The number of nitrogens with one attached hydrogen (secondary N) is 1. The molecule has 96 valence electrons. The highest BCUT2D eigenvalue weighted by Gasteiger charge is 2.15. The molecule has 0 amide bonds. The first-order valence-electron chi connectivity index (χ1n) is 6.11. The monoisotopic (exact) mass is 266 g/mol. The van der Waals surface area contributed by atoms with Crippen molar-refractivity contribution in [2.24, 2.45) is 0 Å². The number of aryl methyl sites for hydroxylation is 1. The zero-order chi connectivity index (χ0) is 13.3. The molecular formula is C14H16ClFN2. The summed E-state index contributed by atoms with van der Waals surface area (Å²) in [4.78, 5) is 4.40. The van der Waals surface area contributed by atoms with Gasteiger partial charge in [-0.3, -0.25) is 0 Å². The average Bonchev–Trinajstić information content (AvgIpc) is 2.36. The van der Waals surface area contributed by atoms with E-state index in [2.05, 4.69) is 10.3 Å². The van der Waals surface area contributed by atoms with Gasteiger partial charge in [-0.2, -0.15) is 0 Å². The molecule has 0 aliphatic carbocycles. The summed E-state index contributed by atoms with van der Waals surface area (Å²) >= 11 is 6.19. The molecule has 0 aliphatic heterocycles. The van der Waals surface area contributed by atoms with Crippen molar-refractivity contribution in [3.8, 4) is 0 Å². The Bertz CT molecular complexity index is 596. The standard InChI is InChI=1S/C14H16ClFN2/c1-4-11-8(3)13(17-5-2)12-9(15)6-7-10(16)14(12)18-11/h6-7H,4-5H2,1-3H3,(H,17,18). The summed E-state index contributed by atoms with van der Waals surface area (Å²) in [5.41, 5.74) is 3.18. The molecule has 1 aromatic carbocycles. The van der Waals surface area contributed by atoms with Crippen LogP contribution in [0.3, 0.4) is 0 Å². The molecule has 2 aromatic rings. The minimum atomic E-state index is -0.330. The van der Waals surface area contributed by atoms with Crippen LogP contribution in [0.5, 0.6) is 0 Å². The molecule has 0 radical (unpaired) electrons. The third-order valence-corrected chi connectivity index (χ3v) is 3.39. The van der Waals surface area contributed by atoms with Gasteiger partial charge < -0.3 is 5.32 Å². The van der Waals surface area contributed by atoms with Crippen molar-refractivity contribution in [1.82, 2.24) is 4.98 Å². The number of benzene rings is 1. The SMILES string of the molecule is CCNc1c(C)c(CC)nc2c(F)ccc(Cl)c12. The van der Waals surface area contributed by atoms with Crippen molar-refractivity contribution < 1.29 is 4.39 Å². The quantitative estimate of drug-likeness (QED) is 0.894. The van der Waals surface area contributed by atoms with Crippen LogP contribution < -0.4 is 5.32 Å². The van der Waals surface area contributed by atoms with E-state index >= 15 is 0 Å². The summed E-state index contributed by atoms with van der Waals surface area (Å²) in [7, 11) is 0. The van der Waals surface area contributed by atoms with E-state index in [1.165, 1.54) is 6.07 Å². The molecule has 1 aromatic heterocycles. The average molecular weight is 267 g/mol. The molecule has 18 heavy (non-hydrogen) atoms. The smallest absolute Gasteiger partial charge is 0.149 e. The minimum Gasteiger partial charge on any atom is -0.384 e. The second kappa shape index (κ2) is 5.11. The van der Waals surface area contributed by atoms with E-state index in [1.54, 1.807) is 6.07 Å². The van der Waals surface area contributed by atoms with Crippen molar-refractivity contribution in [2.75, 3.05) is 11.9 Å². The Morgan fingerprint density at radius 3 is 2.67 bits per heavy atom. The third kappa shape index (κ3) is 2.03. The topological polar surface area (TPSA) is 24.9 Å². The first-order valence-corrected chi connectivity index (χ1v) is 6.49. The third-order valence-electron chi connectivity index (χ3n) is 3.07. The number of hydrogen-bond acceptors (Lipinski definition) is 2. The zero-order valence-electron chi connectivity index (χ0n) is 10.8. The summed E-state index contributed by atoms with van der Waals surface area (Å²) in [6, 6.07) is 2.94. The highest BCUT2D eigenvalue weighted by Crippen LogP contribution is 2.34. The molecule has 0 saturated carbocycles. The van der Waals surface area contributed by atoms with E-state index in [0.717, 1.165) is 29.9 Å². The van der Waals surface area contributed by atoms with Crippen LogP contribution in [0.4, 0.5) is 10.1 Å². The molecule has 0 spiro atoms. The molecule has 0 atom stereocenters. The van der Waals surface area contributed by atoms with Gasteiger partial charge in [0.15, 0.2) is 0 Å². The highest BCUT2D eigenvalue weighted by atomic mass is 35.5. The Balaban J connectivity index is 2.90. The van der Waals surface area contributed by atoms with Gasteiger partial charge in [0.1, 0.15) is 11.3 Å². The Kier molecular flexibility index (Phi) is 3.71. The van der Waals surface area contributed by atoms with Crippen molar-refractivity contribution in [2.45, 2.75) is 27.2 Å². The van der Waals surface area contributed by atoms with Crippen molar-refractivity contribution in [1.29, 1.82) is 0 Å². The molecule has 1 N–H and O–H groups in total. The fourth-order valence-corrected chi connectivity index (χ4v) is 2.43. The van der Waals surface area contributed by atoms with Crippen LogP contribution >= 0.6 is 11.6 Å². The van der Waals surface area contributed by atoms with E-state index in [1.807, 2.05) is 20.8 Å². The van der Waals surface area contributed by atoms with Crippen LogP contribution in [0.2, 0.25) is 5.02 Å². The van der Waals surface area contributed by atoms with E-state index in [9.17, 15) is 4.39 Å². The second-order valence-corrected chi connectivity index (χ2v) is 4.60. The lowest BCUT2D eigenvalue weighted by Gasteiger charge is -2.15. The van der Waals surface area contributed by atoms with Gasteiger partial charge in [0.05, 0.1) is 5.02 Å². The maximum atomic E-state index is 13.9. The summed E-state index contributed by atoms with van der Waals surface area (Å²) in [5.74, 6) is -0.330. The molecule has 1 heterocycles. The Morgan fingerprint density at radius 2 is 2.06 bits per heavy atom. The zero-order valence-corrected chi connectivity index (χ0v) is 11.5. The molecule has 0 unspecified atom stereocenters. The Labute approximate surface area is 111 Å². The van der Waals surface area contributed by atoms with Crippen LogP contribution in [0.15, 0.2) is 12.1 Å². The molecule has 2 rings (SSSR count). The van der Waals surface area contributed by atoms with Gasteiger partial charge in [-0.05, 0) is 38.0 Å². The summed E-state index contributed by atoms with van der Waals surface area (Å²) < 4.78 is 13.9. The minimum absolute atomic E-state index is 0.330. The molecule has 0 fully saturated rings. The fraction of sp³-hybridized carbons (Fsp3) is 0.357. The predicted molar refractivity (Wildman–Crippen MR) is 75.0 cm³/mol. The molecule has 0 aliphatic rings. The number of anilines is 1. The number of pyridine rings is 1. The van der Waals surface area contributed by atoms with E-state index in [4.69, 9.17) is 11.6 Å². The van der Waals surface area contributed by atoms with Gasteiger partial charge in [0.25, 0.3) is 0 Å². The lowest BCUT2D eigenvalue weighted by atomic mass is 10.0. The predicted octanol–water partition coefficient (Wildman–Crippen LogP) is 4.33. The van der Waals surface area contributed by atoms with Gasteiger partial charge in [-0.25, -0.2) is 9.37 Å². The van der Waals surface area contributed by atoms with Crippen LogP contribution in [-0.2, 0) is 6.42 Å². The van der Waals surface area contributed by atoms with Crippen molar-refractivity contribution in [3.63, 3.8) is 0 Å². The first kappa shape index (κ1) is 13.1. The lowest BCUT2D eigenvalue weighted by molar-refractivity contribution is 0.636. The van der Waals surface area contributed by atoms with Gasteiger partial charge in [-0.15, -0.1) is 0 Å². The largest absolute Gasteiger partial charge is 0.384 e. The first-order chi connectivity index (χ1) is 8.60. The Morgan fingerprint density at radius 1 is 1.33 bits per heavy atom. The lowest BCUT2D eigenvalue weighted by Crippen LogP contribution is -2.05. The number of fused-ring (bicyclic) bond motifs is 1. The molecule has 2 nitrogen and oxygen atoms in total. The molecule has 0 bridgehead atoms. The summed E-state index contributed by atoms with van der Waals surface area (Å²) in [6.45, 7) is 6.77. The maximum absolute atomic E-state index is 13.9. The Hall–Kier alpha value is -1.35. The van der Waals surface area contributed by atoms with Gasteiger partial charge in [0.2, 0.25) is 0 Å². The number of nitrogens with zero attached hydrogens (tertiary/aromatic N) is 1. The normalized spacial score (nSPS) is 10.9. The van der Waals surface area contributed by atoms with Crippen LogP contribution in [0.25, 0.3) is 10.9 Å². The van der Waals surface area contributed by atoms with Gasteiger partial charge in [-0.1, -0.05) is 18.5 Å². The van der Waals surface area contributed by atoms with E-state index in [-0.39, 0.29) is 5.82 Å². The number of rotatable bonds is 3. The van der Waals surface area contributed by atoms with Crippen molar-refractivity contribution in [3.05, 3.63) is 34.2 Å². The second-order valence-electron chi connectivity index (χ2n) is 4.20. The fourth-order valence-electron chi connectivity index (χ4n) is 2.18. The maximum Gasteiger partial charge on any atom is 0.149 e. The number of aromatic nitrogens is 1. The molecular weight excluding hydrogens is 251 g/mol. The molecule has 4 heteroatoms. The van der Waals surface area contributed by atoms with E-state index < -0.39 is 0 Å². The summed E-state index contributed by atoms with van der Waals surface area (Å²) in [5, 5.41) is 4.47. The van der Waals surface area contributed by atoms with Gasteiger partial charge >= 0.3 is 0 Å². The highest BCUT2D eigenvalue weighted by molar-refractivity contribution is 6.36. The number of hydrogen-bond donors (Lipinski definition) is 1. The summed E-state index contributed by atoms with van der Waals surface area (Å²) in [6.07, 6.45) is 0.770. The van der Waals surface area contributed by atoms with Gasteiger partial charge in [0, 0.05) is 23.3 Å². The number of halogens is 2. The van der Waals surface area contributed by atoms with Crippen LogP contribution in [0.1, 0.15) is 25.1 Å².